The zero-order chi connectivity index (χ0) is 24.9. The Kier molecular flexibility index (Phi) is 8.56. The highest BCUT2D eigenvalue weighted by molar-refractivity contribution is 9.10. The fourth-order valence-electron chi connectivity index (χ4n) is 3.29. The lowest BCUT2D eigenvalue weighted by molar-refractivity contribution is -0.114. The van der Waals surface area contributed by atoms with Crippen molar-refractivity contribution in [2.75, 3.05) is 46.4 Å². The Morgan fingerprint density at radius 2 is 1.85 bits per heavy atom. The summed E-state index contributed by atoms with van der Waals surface area (Å²) >= 11 is 3.48. The standard InChI is InChI=1S/C20H19BrN4O4.C3H9N/c1-9(26)25-14-5-4-11-16(12(8-22)20(24)29-18(11)17(14)23)10-6-13(21)19(28-3)15(7-10)27-2;1-4(2)3/h4-7,16H,23-24H2,1-3H3,(H,25,26);1-3H3. The van der Waals surface area contributed by atoms with E-state index < -0.39 is 5.92 Å². The molecule has 1 heterocycles. The highest BCUT2D eigenvalue weighted by Crippen LogP contribution is 2.49. The molecule has 0 aliphatic carbocycles. The summed E-state index contributed by atoms with van der Waals surface area (Å²) in [5.74, 6) is 0.442. The SMILES string of the molecule is CN(C)C.COc1cc(C2C(C#N)=C(N)Oc3c2ccc(NC(C)=O)c3N)cc(Br)c1OC. The Morgan fingerprint density at radius 1 is 1.21 bits per heavy atom. The maximum atomic E-state index is 11.4. The van der Waals surface area contributed by atoms with Crippen LogP contribution in [0.2, 0.25) is 0 Å². The fourth-order valence-corrected chi connectivity index (χ4v) is 3.91. The number of hydrogen-bond acceptors (Lipinski definition) is 8. The molecule has 176 valence electrons. The summed E-state index contributed by atoms with van der Waals surface area (Å²) in [6.07, 6.45) is 0. The Labute approximate surface area is 202 Å². The molecule has 0 bridgehead atoms. The number of anilines is 2. The molecule has 0 fully saturated rings. The first-order chi connectivity index (χ1) is 15.5. The number of amides is 1. The van der Waals surface area contributed by atoms with E-state index in [0.717, 1.165) is 5.56 Å². The molecule has 2 aromatic carbocycles. The Hall–Kier alpha value is -3.42. The van der Waals surface area contributed by atoms with E-state index in [1.54, 1.807) is 18.2 Å². The molecule has 0 saturated heterocycles. The lowest BCUT2D eigenvalue weighted by Crippen LogP contribution is -2.22. The van der Waals surface area contributed by atoms with Crippen LogP contribution in [0.3, 0.4) is 0 Å². The van der Waals surface area contributed by atoms with Gasteiger partial charge in [-0.2, -0.15) is 5.26 Å². The zero-order valence-corrected chi connectivity index (χ0v) is 21.0. The van der Waals surface area contributed by atoms with Crippen LogP contribution in [0.4, 0.5) is 11.4 Å². The molecule has 1 amide bonds. The second-order valence-electron chi connectivity index (χ2n) is 7.63. The summed E-state index contributed by atoms with van der Waals surface area (Å²) in [6, 6.07) is 9.13. The van der Waals surface area contributed by atoms with Gasteiger partial charge in [-0.15, -0.1) is 0 Å². The number of nitriles is 1. The fraction of sp³-hybridized carbons (Fsp3) is 0.304. The average molecular weight is 518 g/mol. The largest absolute Gasteiger partial charge is 0.493 e. The van der Waals surface area contributed by atoms with Gasteiger partial charge in [0, 0.05) is 12.5 Å². The predicted octanol–water partition coefficient (Wildman–Crippen LogP) is 3.40. The van der Waals surface area contributed by atoms with Crippen molar-refractivity contribution in [2.24, 2.45) is 5.73 Å². The molecule has 1 unspecified atom stereocenters. The number of allylic oxidation sites excluding steroid dienone is 1. The quantitative estimate of drug-likeness (QED) is 0.524. The minimum Gasteiger partial charge on any atom is -0.493 e. The van der Waals surface area contributed by atoms with Crippen molar-refractivity contribution < 1.29 is 19.0 Å². The molecule has 2 aromatic rings. The highest BCUT2D eigenvalue weighted by Gasteiger charge is 2.33. The minimum absolute atomic E-state index is 0.0532. The van der Waals surface area contributed by atoms with E-state index in [1.807, 2.05) is 32.1 Å². The van der Waals surface area contributed by atoms with Gasteiger partial charge >= 0.3 is 0 Å². The first-order valence-electron chi connectivity index (χ1n) is 9.85. The number of nitrogens with two attached hydrogens (primary N) is 2. The lowest BCUT2D eigenvalue weighted by Gasteiger charge is -2.28. The monoisotopic (exact) mass is 517 g/mol. The van der Waals surface area contributed by atoms with Crippen molar-refractivity contribution in [3.05, 3.63) is 51.3 Å². The van der Waals surface area contributed by atoms with Gasteiger partial charge in [-0.05, 0) is 60.8 Å². The molecule has 1 aliphatic rings. The first kappa shape index (κ1) is 25.8. The number of nitrogen functional groups attached to an aromatic ring is 1. The van der Waals surface area contributed by atoms with Crippen molar-refractivity contribution in [1.82, 2.24) is 4.90 Å². The maximum Gasteiger partial charge on any atom is 0.221 e. The Balaban J connectivity index is 0.000000890. The van der Waals surface area contributed by atoms with E-state index in [0.29, 0.717) is 33.0 Å². The van der Waals surface area contributed by atoms with Crippen LogP contribution in [0.15, 0.2) is 40.2 Å². The first-order valence-corrected chi connectivity index (χ1v) is 10.6. The summed E-state index contributed by atoms with van der Waals surface area (Å²) in [5.41, 5.74) is 14.5. The van der Waals surface area contributed by atoms with E-state index >= 15 is 0 Å². The molecular weight excluding hydrogens is 490 g/mol. The van der Waals surface area contributed by atoms with Gasteiger partial charge in [0.15, 0.2) is 17.2 Å². The average Bonchev–Trinajstić information content (AvgIpc) is 2.74. The van der Waals surface area contributed by atoms with Crippen LogP contribution in [-0.2, 0) is 4.79 Å². The van der Waals surface area contributed by atoms with Crippen LogP contribution < -0.4 is 31.0 Å². The second kappa shape index (κ2) is 10.9. The molecule has 1 aliphatic heterocycles. The summed E-state index contributed by atoms with van der Waals surface area (Å²) in [5, 5.41) is 12.4. The number of carbonyl (C=O) groups excluding carboxylic acids is 1. The van der Waals surface area contributed by atoms with Crippen LogP contribution in [0.1, 0.15) is 24.0 Å². The molecule has 0 spiro atoms. The Morgan fingerprint density at radius 3 is 2.36 bits per heavy atom. The molecule has 0 saturated carbocycles. The van der Waals surface area contributed by atoms with Gasteiger partial charge < -0.3 is 35.9 Å². The van der Waals surface area contributed by atoms with E-state index in [9.17, 15) is 10.1 Å². The van der Waals surface area contributed by atoms with Crippen LogP contribution in [0.25, 0.3) is 0 Å². The van der Waals surface area contributed by atoms with Crippen LogP contribution in [0, 0.1) is 11.3 Å². The van der Waals surface area contributed by atoms with Crippen molar-refractivity contribution in [2.45, 2.75) is 12.8 Å². The molecule has 3 rings (SSSR count). The van der Waals surface area contributed by atoms with Gasteiger partial charge in [0.2, 0.25) is 11.8 Å². The minimum atomic E-state index is -0.548. The van der Waals surface area contributed by atoms with E-state index in [-0.39, 0.29) is 23.1 Å². The van der Waals surface area contributed by atoms with Crippen LogP contribution in [-0.4, -0.2) is 46.2 Å². The number of rotatable bonds is 4. The number of methoxy groups -OCH3 is 2. The zero-order valence-electron chi connectivity index (χ0n) is 19.4. The van der Waals surface area contributed by atoms with Gasteiger partial charge in [-0.3, -0.25) is 4.79 Å². The smallest absolute Gasteiger partial charge is 0.221 e. The summed E-state index contributed by atoms with van der Waals surface area (Å²) < 4.78 is 17.1. The molecule has 9 nitrogen and oxygen atoms in total. The number of benzene rings is 2. The van der Waals surface area contributed by atoms with E-state index in [1.165, 1.54) is 21.1 Å². The lowest BCUT2D eigenvalue weighted by atomic mass is 9.83. The summed E-state index contributed by atoms with van der Waals surface area (Å²) in [7, 11) is 9.06. The van der Waals surface area contributed by atoms with E-state index in [2.05, 4.69) is 27.3 Å². The highest BCUT2D eigenvalue weighted by atomic mass is 79.9. The third-order valence-electron chi connectivity index (χ3n) is 4.52. The van der Waals surface area contributed by atoms with Crippen LogP contribution in [0.5, 0.6) is 17.2 Å². The van der Waals surface area contributed by atoms with Gasteiger partial charge in [0.25, 0.3) is 0 Å². The van der Waals surface area contributed by atoms with E-state index in [4.69, 9.17) is 25.7 Å². The number of carbonyl (C=O) groups is 1. The van der Waals surface area contributed by atoms with Gasteiger partial charge in [0.1, 0.15) is 11.6 Å². The van der Waals surface area contributed by atoms with Gasteiger partial charge in [-0.1, -0.05) is 6.07 Å². The van der Waals surface area contributed by atoms with Crippen molar-refractivity contribution in [1.29, 1.82) is 5.26 Å². The Bertz CT molecular complexity index is 1120. The molecule has 5 N–H and O–H groups in total. The van der Waals surface area contributed by atoms with Crippen LogP contribution >= 0.6 is 15.9 Å². The maximum absolute atomic E-state index is 11.4. The van der Waals surface area contributed by atoms with Gasteiger partial charge in [-0.25, -0.2) is 0 Å². The number of hydrogen-bond donors (Lipinski definition) is 3. The van der Waals surface area contributed by atoms with Crippen molar-refractivity contribution >= 4 is 33.2 Å². The third kappa shape index (κ3) is 5.69. The second-order valence-corrected chi connectivity index (χ2v) is 8.49. The topological polar surface area (TPSA) is 136 Å². The third-order valence-corrected chi connectivity index (χ3v) is 5.11. The number of nitrogens with one attached hydrogen (secondary N) is 1. The molecule has 0 aromatic heterocycles. The number of fused-ring (bicyclic) bond motifs is 1. The summed E-state index contributed by atoms with van der Waals surface area (Å²) in [6.45, 7) is 1.38. The molecule has 1 atom stereocenters. The molecular formula is C23H28BrN5O4. The normalized spacial score (nSPS) is 14.3. The molecule has 10 heteroatoms. The number of ether oxygens (including phenoxy) is 3. The molecule has 33 heavy (non-hydrogen) atoms. The van der Waals surface area contributed by atoms with Crippen molar-refractivity contribution in [3.8, 4) is 23.3 Å². The molecule has 0 radical (unpaired) electrons. The van der Waals surface area contributed by atoms with Crippen molar-refractivity contribution in [3.63, 3.8) is 0 Å². The predicted molar refractivity (Wildman–Crippen MR) is 131 cm³/mol. The van der Waals surface area contributed by atoms with Gasteiger partial charge in [0.05, 0.1) is 36.0 Å². The number of nitrogens with zero attached hydrogens (tertiary/aromatic N) is 2. The summed E-state index contributed by atoms with van der Waals surface area (Å²) in [4.78, 5) is 13.4. The number of halogens is 1.